The molecular formula is C36H53ClN4O2. The van der Waals surface area contributed by atoms with Gasteiger partial charge >= 0.3 is 0 Å². The molecule has 4 rings (SSSR count). The summed E-state index contributed by atoms with van der Waals surface area (Å²) >= 11 is 5.39. The molecule has 1 saturated carbocycles. The van der Waals surface area contributed by atoms with Gasteiger partial charge in [-0.25, -0.2) is 4.98 Å². The summed E-state index contributed by atoms with van der Waals surface area (Å²) < 4.78 is 1.99. The second-order valence-electron chi connectivity index (χ2n) is 11.6. The Kier molecular flexibility index (Phi) is 16.1. The Labute approximate surface area is 265 Å². The summed E-state index contributed by atoms with van der Waals surface area (Å²) in [7, 11) is 1.98. The maximum Gasteiger partial charge on any atom is 0.229 e. The third kappa shape index (κ3) is 11.1. The van der Waals surface area contributed by atoms with Gasteiger partial charge in [0.1, 0.15) is 5.82 Å². The number of nitrogens with zero attached hydrogens (tertiary/aromatic N) is 4. The summed E-state index contributed by atoms with van der Waals surface area (Å²) in [5, 5.41) is 0.704. The lowest BCUT2D eigenvalue weighted by Gasteiger charge is -2.44. The van der Waals surface area contributed by atoms with E-state index >= 15 is 0 Å². The van der Waals surface area contributed by atoms with E-state index in [9.17, 15) is 9.59 Å². The topological polar surface area (TPSA) is 58.4 Å². The minimum Gasteiger partial charge on any atom is -0.342 e. The third-order valence-electron chi connectivity index (χ3n) is 8.33. The van der Waals surface area contributed by atoms with E-state index in [2.05, 4.69) is 42.1 Å². The van der Waals surface area contributed by atoms with Crippen molar-refractivity contribution in [2.24, 2.45) is 18.4 Å². The molecule has 2 aliphatic rings. The smallest absolute Gasteiger partial charge is 0.229 e. The predicted molar refractivity (Wildman–Crippen MR) is 180 cm³/mol. The van der Waals surface area contributed by atoms with Gasteiger partial charge in [-0.3, -0.25) is 9.59 Å². The van der Waals surface area contributed by atoms with Crippen molar-refractivity contribution in [1.82, 2.24) is 19.4 Å². The lowest BCUT2D eigenvalue weighted by Crippen LogP contribution is -2.53. The molecule has 1 saturated heterocycles. The summed E-state index contributed by atoms with van der Waals surface area (Å²) in [6.07, 6.45) is 17.6. The second kappa shape index (κ2) is 19.2. The highest BCUT2D eigenvalue weighted by Gasteiger charge is 2.45. The summed E-state index contributed by atoms with van der Waals surface area (Å²) in [6, 6.07) is 10.4. The Morgan fingerprint density at radius 1 is 1.09 bits per heavy atom. The molecule has 236 valence electrons. The first-order valence-corrected chi connectivity index (χ1v) is 16.2. The first kappa shape index (κ1) is 36.1. The number of imidazole rings is 1. The zero-order valence-corrected chi connectivity index (χ0v) is 27.7. The number of likely N-dealkylation sites (tertiary alicyclic amines) is 1. The van der Waals surface area contributed by atoms with Crippen molar-refractivity contribution in [2.45, 2.75) is 85.1 Å². The molecular weight excluding hydrogens is 556 g/mol. The van der Waals surface area contributed by atoms with Gasteiger partial charge in [0, 0.05) is 50.0 Å². The predicted octanol–water partition coefficient (Wildman–Crippen LogP) is 8.10. The van der Waals surface area contributed by atoms with E-state index in [1.54, 1.807) is 24.4 Å². The maximum absolute atomic E-state index is 14.2. The van der Waals surface area contributed by atoms with Crippen molar-refractivity contribution in [3.8, 4) is 0 Å². The first-order chi connectivity index (χ1) is 20.7. The van der Waals surface area contributed by atoms with E-state index in [0.29, 0.717) is 37.1 Å². The van der Waals surface area contributed by atoms with Gasteiger partial charge in [-0.2, -0.15) is 0 Å². The summed E-state index contributed by atoms with van der Waals surface area (Å²) in [5.41, 5.74) is 0.710. The Morgan fingerprint density at radius 3 is 2.21 bits per heavy atom. The number of carbonyl (C=O) groups is 2. The third-order valence-corrected chi connectivity index (χ3v) is 8.70. The van der Waals surface area contributed by atoms with Crippen LogP contribution in [0.1, 0.15) is 83.5 Å². The number of halogens is 1. The molecule has 1 aliphatic carbocycles. The molecule has 0 bridgehead atoms. The van der Waals surface area contributed by atoms with E-state index in [1.807, 2.05) is 54.8 Å². The normalized spacial score (nSPS) is 16.6. The lowest BCUT2D eigenvalue weighted by atomic mass is 9.72. The van der Waals surface area contributed by atoms with E-state index in [0.717, 1.165) is 44.3 Å². The van der Waals surface area contributed by atoms with E-state index in [4.69, 9.17) is 11.6 Å². The van der Waals surface area contributed by atoms with Crippen molar-refractivity contribution in [2.75, 3.05) is 19.6 Å². The molecule has 0 spiro atoms. The molecule has 2 aromatic rings. The highest BCUT2D eigenvalue weighted by molar-refractivity contribution is 6.31. The van der Waals surface area contributed by atoms with Crippen LogP contribution in [-0.4, -0.2) is 50.8 Å². The average Bonchev–Trinajstić information content (AvgIpc) is 3.45. The summed E-state index contributed by atoms with van der Waals surface area (Å²) in [4.78, 5) is 35.9. The number of amides is 2. The monoisotopic (exact) mass is 608 g/mol. The molecule has 2 heterocycles. The van der Waals surface area contributed by atoms with Crippen LogP contribution in [0.15, 0.2) is 79.1 Å². The van der Waals surface area contributed by atoms with Crippen molar-refractivity contribution in [1.29, 1.82) is 0 Å². The average molecular weight is 609 g/mol. The minimum atomic E-state index is -0.481. The van der Waals surface area contributed by atoms with Crippen LogP contribution >= 0.6 is 11.6 Å². The second-order valence-corrected chi connectivity index (χ2v) is 12.0. The van der Waals surface area contributed by atoms with Gasteiger partial charge < -0.3 is 14.4 Å². The quantitative estimate of drug-likeness (QED) is 0.213. The van der Waals surface area contributed by atoms with E-state index in [1.165, 1.54) is 24.8 Å². The number of hydrogen-bond acceptors (Lipinski definition) is 3. The molecule has 1 aromatic heterocycles. The molecule has 0 unspecified atom stereocenters. The van der Waals surface area contributed by atoms with Crippen LogP contribution in [-0.2, 0) is 29.6 Å². The standard InChI is InChI=1S/C28H40N4O2.C5H7Cl.C3H6/c1-3-17-32(22-25-29-16-20-30(25)2)27(34)28(21-23-10-6-4-7-11-23)14-18-31(19-15-28)26(33)24-12-8-5-9-13-24;1-3-5(6)4-2;1-3-2/h4,6-7,10-11,16,20,24H,3,5,8-9,12-15,17-19,21-22H2,1-2H3;3-4H,1H2,2H3;3H,1H2,2H3/b;5-4+;. The van der Waals surface area contributed by atoms with Gasteiger partial charge in [0.15, 0.2) is 0 Å². The van der Waals surface area contributed by atoms with Crippen LogP contribution in [0, 0.1) is 11.3 Å². The van der Waals surface area contributed by atoms with Gasteiger partial charge in [-0.1, -0.05) is 92.9 Å². The molecule has 1 aromatic carbocycles. The Morgan fingerprint density at radius 2 is 1.72 bits per heavy atom. The molecule has 0 atom stereocenters. The first-order valence-electron chi connectivity index (χ1n) is 15.8. The molecule has 0 N–H and O–H groups in total. The summed E-state index contributed by atoms with van der Waals surface area (Å²) in [5.74, 6) is 1.62. The zero-order chi connectivity index (χ0) is 31.7. The van der Waals surface area contributed by atoms with E-state index in [-0.39, 0.29) is 11.8 Å². The number of allylic oxidation sites excluding steroid dienone is 4. The minimum absolute atomic E-state index is 0.186. The Bertz CT molecular complexity index is 1160. The number of carbonyl (C=O) groups excluding carboxylic acids is 2. The Balaban J connectivity index is 0.000000630. The largest absolute Gasteiger partial charge is 0.342 e. The molecule has 1 aliphatic heterocycles. The fraction of sp³-hybridized carbons (Fsp3) is 0.528. The van der Waals surface area contributed by atoms with Crippen molar-refractivity contribution in [3.05, 3.63) is 90.5 Å². The van der Waals surface area contributed by atoms with Gasteiger partial charge in [0.25, 0.3) is 0 Å². The van der Waals surface area contributed by atoms with Crippen LogP contribution in [0.4, 0.5) is 0 Å². The molecule has 6 nitrogen and oxygen atoms in total. The zero-order valence-electron chi connectivity index (χ0n) is 26.9. The molecule has 2 amide bonds. The van der Waals surface area contributed by atoms with Gasteiger partial charge in [-0.05, 0) is 57.9 Å². The van der Waals surface area contributed by atoms with E-state index < -0.39 is 5.41 Å². The van der Waals surface area contributed by atoms with Crippen LogP contribution in [0.2, 0.25) is 0 Å². The maximum atomic E-state index is 14.2. The highest BCUT2D eigenvalue weighted by Crippen LogP contribution is 2.39. The van der Waals surface area contributed by atoms with Crippen LogP contribution < -0.4 is 0 Å². The lowest BCUT2D eigenvalue weighted by molar-refractivity contribution is -0.150. The number of rotatable bonds is 9. The van der Waals surface area contributed by atoms with Crippen LogP contribution in [0.5, 0.6) is 0 Å². The summed E-state index contributed by atoms with van der Waals surface area (Å²) in [6.45, 7) is 15.3. The van der Waals surface area contributed by atoms with Crippen molar-refractivity contribution < 1.29 is 9.59 Å². The van der Waals surface area contributed by atoms with Gasteiger partial charge in [0.2, 0.25) is 11.8 Å². The van der Waals surface area contributed by atoms with Crippen molar-refractivity contribution >= 4 is 23.4 Å². The highest BCUT2D eigenvalue weighted by atomic mass is 35.5. The molecule has 0 radical (unpaired) electrons. The number of benzene rings is 1. The van der Waals surface area contributed by atoms with Crippen molar-refractivity contribution in [3.63, 3.8) is 0 Å². The van der Waals surface area contributed by atoms with Gasteiger partial charge in [-0.15, -0.1) is 6.58 Å². The SMILES string of the molecule is C=C/C(Cl)=C\C.C=CC.CCCN(Cc1nccn1C)C(=O)C1(Cc2ccccc2)CCN(C(=O)C2CCCCC2)CC1. The fourth-order valence-electron chi connectivity index (χ4n) is 5.91. The number of aryl methyl sites for hydroxylation is 1. The van der Waals surface area contributed by atoms with Gasteiger partial charge in [0.05, 0.1) is 12.0 Å². The molecule has 2 fully saturated rings. The number of aromatic nitrogens is 2. The Hall–Kier alpha value is -3.12. The number of hydrogen-bond donors (Lipinski definition) is 0. The van der Waals surface area contributed by atoms with Crippen LogP contribution in [0.25, 0.3) is 0 Å². The number of piperidine rings is 1. The van der Waals surface area contributed by atoms with Crippen LogP contribution in [0.3, 0.4) is 0 Å². The molecule has 7 heteroatoms. The molecule has 43 heavy (non-hydrogen) atoms. The fourth-order valence-corrected chi connectivity index (χ4v) is 5.91.